The molecule has 0 spiro atoms. The molecule has 0 aliphatic heterocycles. The summed E-state index contributed by atoms with van der Waals surface area (Å²) in [5.74, 6) is 0.00346. The summed E-state index contributed by atoms with van der Waals surface area (Å²) in [5, 5.41) is 17.0. The maximum Gasteiger partial charge on any atom is 0.269 e. The molecule has 112 valence electrons. The topological polar surface area (TPSA) is 80.0 Å². The lowest BCUT2D eigenvalue weighted by atomic mass is 10.1. The largest absolute Gasteiger partial charge is 0.385 e. The quantitative estimate of drug-likeness (QED) is 0.871. The van der Waals surface area contributed by atoms with E-state index in [-0.39, 0.29) is 18.4 Å². The summed E-state index contributed by atoms with van der Waals surface area (Å²) in [5.41, 5.74) is 1.88. The first-order chi connectivity index (χ1) is 9.99. The zero-order chi connectivity index (χ0) is 15.4. The highest BCUT2D eigenvalue weighted by molar-refractivity contribution is 5.92. The van der Waals surface area contributed by atoms with Crippen molar-refractivity contribution in [3.05, 3.63) is 47.5 Å². The van der Waals surface area contributed by atoms with Crippen LogP contribution in [0.5, 0.6) is 0 Å². The van der Waals surface area contributed by atoms with Gasteiger partial charge < -0.3 is 10.4 Å². The number of rotatable bonds is 5. The summed E-state index contributed by atoms with van der Waals surface area (Å²) in [6.45, 7) is 4.15. The van der Waals surface area contributed by atoms with E-state index in [0.717, 1.165) is 5.69 Å². The summed E-state index contributed by atoms with van der Waals surface area (Å²) in [7, 11) is 1.73. The van der Waals surface area contributed by atoms with Gasteiger partial charge in [-0.15, -0.1) is 0 Å². The van der Waals surface area contributed by atoms with E-state index in [1.54, 1.807) is 42.2 Å². The van der Waals surface area contributed by atoms with Crippen LogP contribution in [0.3, 0.4) is 0 Å². The summed E-state index contributed by atoms with van der Waals surface area (Å²) in [4.78, 5) is 16.2. The molecule has 0 aliphatic carbocycles. The van der Waals surface area contributed by atoms with Crippen molar-refractivity contribution in [1.29, 1.82) is 0 Å². The molecule has 1 atom stereocenters. The molecule has 0 aromatic carbocycles. The third kappa shape index (κ3) is 3.66. The Morgan fingerprint density at radius 2 is 2.14 bits per heavy atom. The van der Waals surface area contributed by atoms with E-state index in [0.29, 0.717) is 11.4 Å². The molecule has 1 amide bonds. The van der Waals surface area contributed by atoms with Gasteiger partial charge in [-0.1, -0.05) is 19.9 Å². The molecule has 0 saturated carbocycles. The zero-order valence-electron chi connectivity index (χ0n) is 12.4. The van der Waals surface area contributed by atoms with Crippen LogP contribution in [0.25, 0.3) is 0 Å². The van der Waals surface area contributed by atoms with Crippen LogP contribution in [0.2, 0.25) is 0 Å². The number of aryl methyl sites for hydroxylation is 1. The average molecular weight is 288 g/mol. The lowest BCUT2D eigenvalue weighted by Crippen LogP contribution is -2.30. The van der Waals surface area contributed by atoms with Crippen molar-refractivity contribution in [3.8, 4) is 0 Å². The van der Waals surface area contributed by atoms with Crippen molar-refractivity contribution in [2.45, 2.75) is 25.9 Å². The van der Waals surface area contributed by atoms with Crippen molar-refractivity contribution >= 4 is 5.91 Å². The Morgan fingerprint density at radius 1 is 1.38 bits per heavy atom. The van der Waals surface area contributed by atoms with Crippen molar-refractivity contribution in [2.24, 2.45) is 7.05 Å². The van der Waals surface area contributed by atoms with Gasteiger partial charge in [0, 0.05) is 19.8 Å². The monoisotopic (exact) mass is 288 g/mol. The predicted molar refractivity (Wildman–Crippen MR) is 78.8 cm³/mol. The first-order valence-corrected chi connectivity index (χ1v) is 6.90. The Kier molecular flexibility index (Phi) is 4.70. The van der Waals surface area contributed by atoms with Gasteiger partial charge in [0.05, 0.1) is 11.4 Å². The Morgan fingerprint density at radius 3 is 2.71 bits per heavy atom. The van der Waals surface area contributed by atoms with E-state index in [4.69, 9.17) is 0 Å². The van der Waals surface area contributed by atoms with Gasteiger partial charge in [-0.3, -0.25) is 14.5 Å². The van der Waals surface area contributed by atoms with Crippen LogP contribution in [0.4, 0.5) is 0 Å². The SMILES string of the molecule is CC(C)c1cc(C(=O)NC[C@@H](O)c2ccccn2)n(C)n1. The summed E-state index contributed by atoms with van der Waals surface area (Å²) in [6, 6.07) is 7.06. The number of carbonyl (C=O) groups is 1. The minimum Gasteiger partial charge on any atom is -0.385 e. The van der Waals surface area contributed by atoms with Gasteiger partial charge in [0.1, 0.15) is 11.8 Å². The number of aromatic nitrogens is 3. The molecule has 0 bridgehead atoms. The molecule has 2 aromatic rings. The van der Waals surface area contributed by atoms with Gasteiger partial charge in [-0.25, -0.2) is 0 Å². The normalized spacial score (nSPS) is 12.4. The van der Waals surface area contributed by atoms with Crippen LogP contribution < -0.4 is 5.32 Å². The third-order valence-corrected chi connectivity index (χ3v) is 3.21. The van der Waals surface area contributed by atoms with Crippen molar-refractivity contribution in [1.82, 2.24) is 20.1 Å². The lowest BCUT2D eigenvalue weighted by molar-refractivity contribution is 0.0905. The van der Waals surface area contributed by atoms with E-state index < -0.39 is 6.10 Å². The van der Waals surface area contributed by atoms with E-state index >= 15 is 0 Å². The summed E-state index contributed by atoms with van der Waals surface area (Å²) >= 11 is 0. The van der Waals surface area contributed by atoms with E-state index in [9.17, 15) is 9.90 Å². The van der Waals surface area contributed by atoms with E-state index in [1.165, 1.54) is 0 Å². The number of pyridine rings is 1. The zero-order valence-corrected chi connectivity index (χ0v) is 12.4. The van der Waals surface area contributed by atoms with Gasteiger partial charge >= 0.3 is 0 Å². The average Bonchev–Trinajstić information content (AvgIpc) is 2.87. The molecule has 2 heterocycles. The molecule has 2 rings (SSSR count). The molecule has 0 radical (unpaired) electrons. The van der Waals surface area contributed by atoms with Crippen LogP contribution in [-0.2, 0) is 7.05 Å². The highest BCUT2D eigenvalue weighted by atomic mass is 16.3. The van der Waals surface area contributed by atoms with Crippen LogP contribution >= 0.6 is 0 Å². The fourth-order valence-corrected chi connectivity index (χ4v) is 1.94. The fraction of sp³-hybridized carbons (Fsp3) is 0.400. The molecule has 0 aliphatic rings. The lowest BCUT2D eigenvalue weighted by Gasteiger charge is -2.11. The molecule has 0 fully saturated rings. The van der Waals surface area contributed by atoms with Crippen molar-refractivity contribution in [3.63, 3.8) is 0 Å². The Hall–Kier alpha value is -2.21. The standard InChI is InChI=1S/C15H20N4O2/c1-10(2)12-8-13(19(3)18-12)15(21)17-9-14(20)11-6-4-5-7-16-11/h4-8,10,14,20H,9H2,1-3H3,(H,17,21)/t14-/m1/s1. The molecule has 2 N–H and O–H groups in total. The Bertz CT molecular complexity index is 607. The van der Waals surface area contributed by atoms with Crippen LogP contribution in [0, 0.1) is 0 Å². The van der Waals surface area contributed by atoms with Crippen molar-refractivity contribution in [2.75, 3.05) is 6.54 Å². The maximum atomic E-state index is 12.1. The number of amides is 1. The Labute approximate surface area is 123 Å². The second kappa shape index (κ2) is 6.49. The smallest absolute Gasteiger partial charge is 0.269 e. The molecule has 6 nitrogen and oxygen atoms in total. The number of hydrogen-bond acceptors (Lipinski definition) is 4. The number of aliphatic hydroxyl groups is 1. The fourth-order valence-electron chi connectivity index (χ4n) is 1.94. The van der Waals surface area contributed by atoms with E-state index in [1.807, 2.05) is 13.8 Å². The number of aliphatic hydroxyl groups excluding tert-OH is 1. The molecule has 21 heavy (non-hydrogen) atoms. The first-order valence-electron chi connectivity index (χ1n) is 6.90. The Balaban J connectivity index is 1.99. The minimum atomic E-state index is -0.826. The molecule has 0 unspecified atom stereocenters. The molecular formula is C15H20N4O2. The van der Waals surface area contributed by atoms with Gasteiger partial charge in [-0.05, 0) is 24.1 Å². The molecule has 0 saturated heterocycles. The molecule has 2 aromatic heterocycles. The van der Waals surface area contributed by atoms with Crippen LogP contribution in [-0.4, -0.2) is 32.3 Å². The van der Waals surface area contributed by atoms with E-state index in [2.05, 4.69) is 15.4 Å². The minimum absolute atomic E-state index is 0.109. The number of hydrogen-bond donors (Lipinski definition) is 2. The van der Waals surface area contributed by atoms with Crippen LogP contribution in [0.1, 0.15) is 47.7 Å². The molecule has 6 heteroatoms. The maximum absolute atomic E-state index is 12.1. The second-order valence-electron chi connectivity index (χ2n) is 5.21. The van der Waals surface area contributed by atoms with Crippen LogP contribution in [0.15, 0.2) is 30.5 Å². The highest BCUT2D eigenvalue weighted by Gasteiger charge is 2.16. The third-order valence-electron chi connectivity index (χ3n) is 3.21. The summed E-state index contributed by atoms with van der Waals surface area (Å²) in [6.07, 6.45) is 0.782. The number of nitrogens with one attached hydrogen (secondary N) is 1. The van der Waals surface area contributed by atoms with Gasteiger partial charge in [0.15, 0.2) is 0 Å². The number of nitrogens with zero attached hydrogens (tertiary/aromatic N) is 3. The van der Waals surface area contributed by atoms with Gasteiger partial charge in [0.25, 0.3) is 5.91 Å². The molecular weight excluding hydrogens is 268 g/mol. The first kappa shape index (κ1) is 15.2. The number of carbonyl (C=O) groups excluding carboxylic acids is 1. The highest BCUT2D eigenvalue weighted by Crippen LogP contribution is 2.14. The predicted octanol–water partition coefficient (Wildman–Crippen LogP) is 1.40. The van der Waals surface area contributed by atoms with Crippen molar-refractivity contribution < 1.29 is 9.90 Å². The summed E-state index contributed by atoms with van der Waals surface area (Å²) < 4.78 is 1.55. The van der Waals surface area contributed by atoms with Gasteiger partial charge in [-0.2, -0.15) is 5.10 Å². The van der Waals surface area contributed by atoms with Gasteiger partial charge in [0.2, 0.25) is 0 Å². The second-order valence-corrected chi connectivity index (χ2v) is 5.21.